The lowest BCUT2D eigenvalue weighted by Crippen LogP contribution is -2.37. The van der Waals surface area contributed by atoms with E-state index in [1.165, 1.54) is 12.1 Å². The molecule has 2 unspecified atom stereocenters. The van der Waals surface area contributed by atoms with Gasteiger partial charge >= 0.3 is 0 Å². The highest BCUT2D eigenvalue weighted by Crippen LogP contribution is 2.23. The molecule has 0 aliphatic rings. The van der Waals surface area contributed by atoms with E-state index in [1.54, 1.807) is 13.8 Å². The molecule has 0 spiro atoms. The third-order valence-corrected chi connectivity index (χ3v) is 5.36. The van der Waals surface area contributed by atoms with Gasteiger partial charge in [-0.05, 0) is 49.9 Å². The first-order chi connectivity index (χ1) is 9.57. The number of carbonyl (C=O) groups is 1. The molecule has 4 nitrogen and oxygen atoms in total. The Morgan fingerprint density at radius 1 is 1.29 bits per heavy atom. The quantitative estimate of drug-likeness (QED) is 0.841. The number of nitrogens with one attached hydrogen (secondary N) is 1. The van der Waals surface area contributed by atoms with Crippen LogP contribution in [0.5, 0.6) is 0 Å². The molecule has 118 valence electrons. The molecular weight excluding hydrogens is 310 g/mol. The predicted molar refractivity (Wildman–Crippen MR) is 85.3 cm³/mol. The Bertz CT molecular complexity index is 641. The van der Waals surface area contributed by atoms with Crippen molar-refractivity contribution >= 4 is 25.6 Å². The van der Waals surface area contributed by atoms with Crippen LogP contribution in [0.25, 0.3) is 0 Å². The molecule has 0 aliphatic heterocycles. The Hall–Kier alpha value is -1.07. The minimum atomic E-state index is -3.86. The van der Waals surface area contributed by atoms with Gasteiger partial charge in [0.25, 0.3) is 15.0 Å². The summed E-state index contributed by atoms with van der Waals surface area (Å²) < 4.78 is 23.0. The molecule has 1 aromatic carbocycles. The molecule has 1 aromatic rings. The van der Waals surface area contributed by atoms with Crippen molar-refractivity contribution < 1.29 is 13.2 Å². The molecule has 21 heavy (non-hydrogen) atoms. The van der Waals surface area contributed by atoms with E-state index in [4.69, 9.17) is 10.7 Å². The number of benzene rings is 1. The number of carbonyl (C=O) groups excluding carboxylic acids is 1. The first kappa shape index (κ1) is 18.0. The van der Waals surface area contributed by atoms with Crippen LogP contribution in [0.2, 0.25) is 0 Å². The van der Waals surface area contributed by atoms with Crippen LogP contribution in [0.1, 0.15) is 48.7 Å². The van der Waals surface area contributed by atoms with Gasteiger partial charge in [-0.25, -0.2) is 8.42 Å². The van der Waals surface area contributed by atoms with E-state index in [2.05, 4.69) is 19.2 Å². The van der Waals surface area contributed by atoms with Crippen LogP contribution in [0.15, 0.2) is 17.0 Å². The lowest BCUT2D eigenvalue weighted by atomic mass is 9.99. The van der Waals surface area contributed by atoms with Crippen LogP contribution < -0.4 is 5.32 Å². The molecule has 6 heteroatoms. The van der Waals surface area contributed by atoms with Crippen molar-refractivity contribution in [1.82, 2.24) is 5.32 Å². The molecule has 0 radical (unpaired) electrons. The van der Waals surface area contributed by atoms with E-state index >= 15 is 0 Å². The predicted octanol–water partition coefficient (Wildman–Crippen LogP) is 3.40. The average molecular weight is 332 g/mol. The molecular formula is C15H22ClNO3S. The number of rotatable bonds is 5. The lowest BCUT2D eigenvalue weighted by molar-refractivity contribution is 0.0927. The molecule has 0 saturated carbocycles. The molecule has 0 saturated heterocycles. The van der Waals surface area contributed by atoms with Crippen molar-refractivity contribution in [2.45, 2.75) is 52.0 Å². The molecule has 0 bridgehead atoms. The number of hydrogen-bond acceptors (Lipinski definition) is 3. The van der Waals surface area contributed by atoms with Crippen molar-refractivity contribution in [3.05, 3.63) is 28.8 Å². The molecule has 1 amide bonds. The molecule has 2 atom stereocenters. The zero-order chi connectivity index (χ0) is 16.4. The van der Waals surface area contributed by atoms with Gasteiger partial charge in [-0.2, -0.15) is 0 Å². The Labute approximate surface area is 131 Å². The topological polar surface area (TPSA) is 63.2 Å². The Kier molecular flexibility index (Phi) is 5.82. The third kappa shape index (κ3) is 4.45. The first-order valence-corrected chi connectivity index (χ1v) is 9.25. The number of hydrogen-bond donors (Lipinski definition) is 1. The van der Waals surface area contributed by atoms with Crippen molar-refractivity contribution in [3.63, 3.8) is 0 Å². The number of halogens is 1. The van der Waals surface area contributed by atoms with Crippen molar-refractivity contribution in [2.24, 2.45) is 5.92 Å². The Morgan fingerprint density at radius 3 is 2.33 bits per heavy atom. The second kappa shape index (κ2) is 6.79. The van der Waals surface area contributed by atoms with E-state index in [1.807, 2.05) is 6.92 Å². The van der Waals surface area contributed by atoms with Crippen molar-refractivity contribution in [2.75, 3.05) is 0 Å². The van der Waals surface area contributed by atoms with E-state index < -0.39 is 9.05 Å². The van der Waals surface area contributed by atoms with Gasteiger partial charge in [-0.3, -0.25) is 4.79 Å². The summed E-state index contributed by atoms with van der Waals surface area (Å²) in [5.74, 6) is 0.0702. The van der Waals surface area contributed by atoms with Gasteiger partial charge < -0.3 is 5.32 Å². The first-order valence-electron chi connectivity index (χ1n) is 6.94. The largest absolute Gasteiger partial charge is 0.349 e. The average Bonchev–Trinajstić information content (AvgIpc) is 2.39. The molecule has 1 rings (SSSR count). The Balaban J connectivity index is 3.18. The van der Waals surface area contributed by atoms with Gasteiger partial charge in [-0.15, -0.1) is 0 Å². The van der Waals surface area contributed by atoms with E-state index in [-0.39, 0.29) is 16.8 Å². The second-order valence-corrected chi connectivity index (χ2v) is 8.06. The summed E-state index contributed by atoms with van der Waals surface area (Å²) in [7, 11) is 1.52. The second-order valence-electron chi connectivity index (χ2n) is 5.50. The van der Waals surface area contributed by atoms with Crippen LogP contribution in [0.4, 0.5) is 0 Å². The summed E-state index contributed by atoms with van der Waals surface area (Å²) in [6.45, 7) is 9.61. The zero-order valence-electron chi connectivity index (χ0n) is 13.0. The zero-order valence-corrected chi connectivity index (χ0v) is 14.6. The normalized spacial score (nSPS) is 14.6. The highest BCUT2D eigenvalue weighted by Gasteiger charge is 2.20. The molecule has 0 aromatic heterocycles. The smallest absolute Gasteiger partial charge is 0.261 e. The highest BCUT2D eigenvalue weighted by molar-refractivity contribution is 8.13. The minimum absolute atomic E-state index is 0.0125. The van der Waals surface area contributed by atoms with E-state index in [0.717, 1.165) is 17.5 Å². The van der Waals surface area contributed by atoms with Crippen molar-refractivity contribution in [3.8, 4) is 0 Å². The molecule has 1 N–H and O–H groups in total. The maximum Gasteiger partial charge on any atom is 0.261 e. The van der Waals surface area contributed by atoms with Gasteiger partial charge in [0.15, 0.2) is 0 Å². The number of aryl methyl sites for hydroxylation is 1. The SMILES string of the molecule is CCC(C)C(C)NC(=O)c1cc(S(=O)(=O)Cl)cc(C)c1C. The van der Waals surface area contributed by atoms with Gasteiger partial charge in [-0.1, -0.05) is 20.3 Å². The van der Waals surface area contributed by atoms with Crippen LogP contribution in [-0.4, -0.2) is 20.4 Å². The van der Waals surface area contributed by atoms with Gasteiger partial charge in [0.2, 0.25) is 0 Å². The summed E-state index contributed by atoms with van der Waals surface area (Å²) in [5.41, 5.74) is 1.83. The number of amides is 1. The van der Waals surface area contributed by atoms with Gasteiger partial charge in [0, 0.05) is 22.3 Å². The summed E-state index contributed by atoms with van der Waals surface area (Å²) in [5, 5.41) is 2.92. The maximum atomic E-state index is 12.4. The van der Waals surface area contributed by atoms with Gasteiger partial charge in [0.05, 0.1) is 4.90 Å². The fourth-order valence-corrected chi connectivity index (χ4v) is 2.83. The summed E-state index contributed by atoms with van der Waals surface area (Å²) in [6, 6.07) is 2.83. The third-order valence-electron chi connectivity index (χ3n) is 4.02. The van der Waals surface area contributed by atoms with Crippen LogP contribution in [-0.2, 0) is 9.05 Å². The standard InChI is InChI=1S/C15H22ClNO3S/c1-6-9(2)12(5)17-15(18)14-8-13(21(16,19)20)7-10(3)11(14)4/h7-9,12H,6H2,1-5H3,(H,17,18). The van der Waals surface area contributed by atoms with Crippen LogP contribution in [0.3, 0.4) is 0 Å². The molecule has 0 aliphatic carbocycles. The maximum absolute atomic E-state index is 12.4. The van der Waals surface area contributed by atoms with E-state index in [9.17, 15) is 13.2 Å². The molecule has 0 heterocycles. The van der Waals surface area contributed by atoms with E-state index in [0.29, 0.717) is 11.5 Å². The van der Waals surface area contributed by atoms with Crippen molar-refractivity contribution in [1.29, 1.82) is 0 Å². The Morgan fingerprint density at radius 2 is 1.86 bits per heavy atom. The highest BCUT2D eigenvalue weighted by atomic mass is 35.7. The van der Waals surface area contributed by atoms with Crippen LogP contribution >= 0.6 is 10.7 Å². The molecule has 0 fully saturated rings. The van der Waals surface area contributed by atoms with Gasteiger partial charge in [0.1, 0.15) is 0 Å². The fraction of sp³-hybridized carbons (Fsp3) is 0.533. The summed E-state index contributed by atoms with van der Waals surface area (Å²) in [6.07, 6.45) is 0.954. The summed E-state index contributed by atoms with van der Waals surface area (Å²) >= 11 is 0. The fourth-order valence-electron chi connectivity index (χ4n) is 1.98. The van der Waals surface area contributed by atoms with Crippen LogP contribution in [0, 0.1) is 19.8 Å². The summed E-state index contributed by atoms with van der Waals surface area (Å²) in [4.78, 5) is 12.3. The minimum Gasteiger partial charge on any atom is -0.349 e. The lowest BCUT2D eigenvalue weighted by Gasteiger charge is -2.21. The monoisotopic (exact) mass is 331 g/mol.